The van der Waals surface area contributed by atoms with Gasteiger partial charge < -0.3 is 4.74 Å². The molecule has 0 bridgehead atoms. The number of rotatable bonds is 4. The van der Waals surface area contributed by atoms with Gasteiger partial charge in [0, 0.05) is 6.61 Å². The van der Waals surface area contributed by atoms with Gasteiger partial charge in [0.05, 0.1) is 6.10 Å². The zero-order chi connectivity index (χ0) is 6.69. The summed E-state index contributed by atoms with van der Waals surface area (Å²) in [6.45, 7) is 6.73. The number of hydrogen-bond donors (Lipinski definition) is 0. The Morgan fingerprint density at radius 1 is 1.67 bits per heavy atom. The first-order chi connectivity index (χ1) is 4.38. The Labute approximate surface area is 57.4 Å². The van der Waals surface area contributed by atoms with Gasteiger partial charge >= 0.3 is 0 Å². The molecule has 1 fully saturated rings. The first-order valence-electron chi connectivity index (χ1n) is 3.79. The summed E-state index contributed by atoms with van der Waals surface area (Å²) in [6.07, 6.45) is 4.19. The molecule has 2 unspecified atom stereocenters. The summed E-state index contributed by atoms with van der Waals surface area (Å²) in [6, 6.07) is 0. The first-order valence-corrected chi connectivity index (χ1v) is 3.79. The molecular weight excluding hydrogens is 112 g/mol. The monoisotopic (exact) mass is 127 g/mol. The van der Waals surface area contributed by atoms with Gasteiger partial charge in [-0.25, -0.2) is 0 Å². The second-order valence-electron chi connectivity index (χ2n) is 2.63. The van der Waals surface area contributed by atoms with Crippen molar-refractivity contribution in [2.24, 2.45) is 5.92 Å². The van der Waals surface area contributed by atoms with Crippen LogP contribution in [0.15, 0.2) is 0 Å². The second-order valence-corrected chi connectivity index (χ2v) is 2.63. The minimum absolute atomic E-state index is 0.594. The van der Waals surface area contributed by atoms with E-state index in [9.17, 15) is 0 Å². The summed E-state index contributed by atoms with van der Waals surface area (Å²) >= 11 is 0. The Morgan fingerprint density at radius 3 is 3.00 bits per heavy atom. The molecule has 1 saturated carbocycles. The molecule has 0 spiro atoms. The van der Waals surface area contributed by atoms with Gasteiger partial charge in [-0.3, -0.25) is 0 Å². The zero-order valence-electron chi connectivity index (χ0n) is 6.10. The molecule has 0 heterocycles. The smallest absolute Gasteiger partial charge is 0.0607 e. The average molecular weight is 127 g/mol. The molecule has 0 aromatic heterocycles. The number of hydrogen-bond acceptors (Lipinski definition) is 1. The van der Waals surface area contributed by atoms with E-state index >= 15 is 0 Å². The Hall–Kier alpha value is -0.0400. The highest BCUT2D eigenvalue weighted by Crippen LogP contribution is 2.37. The van der Waals surface area contributed by atoms with Gasteiger partial charge in [0.25, 0.3) is 0 Å². The molecular formula is C8H15O. The van der Waals surface area contributed by atoms with E-state index in [0.29, 0.717) is 6.10 Å². The number of ether oxygens (including phenoxy) is 1. The molecule has 1 radical (unpaired) electrons. The van der Waals surface area contributed by atoms with E-state index in [2.05, 4.69) is 13.8 Å². The van der Waals surface area contributed by atoms with Gasteiger partial charge in [0.2, 0.25) is 0 Å². The molecule has 9 heavy (non-hydrogen) atoms. The predicted octanol–water partition coefficient (Wildman–Crippen LogP) is 2.03. The predicted molar refractivity (Wildman–Crippen MR) is 38.1 cm³/mol. The van der Waals surface area contributed by atoms with E-state index < -0.39 is 0 Å². The lowest BCUT2D eigenvalue weighted by molar-refractivity contribution is 0.120. The normalized spacial score (nSPS) is 32.7. The molecule has 0 saturated heterocycles. The van der Waals surface area contributed by atoms with E-state index in [1.54, 1.807) is 0 Å². The topological polar surface area (TPSA) is 9.23 Å². The van der Waals surface area contributed by atoms with Crippen molar-refractivity contribution in [3.63, 3.8) is 0 Å². The van der Waals surface area contributed by atoms with Crippen molar-refractivity contribution < 1.29 is 4.74 Å². The van der Waals surface area contributed by atoms with Crippen LogP contribution in [0.4, 0.5) is 0 Å². The van der Waals surface area contributed by atoms with Crippen LogP contribution >= 0.6 is 0 Å². The maximum absolute atomic E-state index is 5.39. The molecule has 0 N–H and O–H groups in total. The molecule has 1 heteroatoms. The van der Waals surface area contributed by atoms with Crippen molar-refractivity contribution in [1.29, 1.82) is 0 Å². The van der Waals surface area contributed by atoms with Crippen LogP contribution in [-0.2, 0) is 4.74 Å². The van der Waals surface area contributed by atoms with Crippen LogP contribution in [0.5, 0.6) is 0 Å². The molecule has 1 aliphatic carbocycles. The third-order valence-corrected chi connectivity index (χ3v) is 1.81. The van der Waals surface area contributed by atoms with Crippen LogP contribution < -0.4 is 0 Å². The van der Waals surface area contributed by atoms with E-state index in [-0.39, 0.29) is 0 Å². The third kappa shape index (κ3) is 1.98. The van der Waals surface area contributed by atoms with Crippen LogP contribution in [0, 0.1) is 12.8 Å². The van der Waals surface area contributed by atoms with Crippen molar-refractivity contribution >= 4 is 0 Å². The second kappa shape index (κ2) is 3.21. The quantitative estimate of drug-likeness (QED) is 0.561. The summed E-state index contributed by atoms with van der Waals surface area (Å²) in [5, 5.41) is 0. The van der Waals surface area contributed by atoms with Gasteiger partial charge in [-0.2, -0.15) is 0 Å². The first kappa shape index (κ1) is 7.07. The summed E-state index contributed by atoms with van der Waals surface area (Å²) in [5.41, 5.74) is 0. The fourth-order valence-electron chi connectivity index (χ4n) is 1.20. The molecule has 1 aliphatic rings. The van der Waals surface area contributed by atoms with E-state index in [1.807, 2.05) is 0 Å². The minimum Gasteiger partial charge on any atom is -0.378 e. The molecule has 1 nitrogen and oxygen atoms in total. The fourth-order valence-corrected chi connectivity index (χ4v) is 1.20. The Kier molecular flexibility index (Phi) is 2.52. The Morgan fingerprint density at radius 2 is 2.44 bits per heavy atom. The Bertz CT molecular complexity index is 70.6. The molecule has 0 amide bonds. The third-order valence-electron chi connectivity index (χ3n) is 1.81. The highest BCUT2D eigenvalue weighted by Gasteiger charge is 2.36. The average Bonchev–Trinajstić information content (AvgIpc) is 2.50. The maximum atomic E-state index is 5.39. The van der Waals surface area contributed by atoms with Gasteiger partial charge in [0.15, 0.2) is 0 Å². The van der Waals surface area contributed by atoms with Crippen LogP contribution in [0.2, 0.25) is 0 Å². The standard InChI is InChI=1S/C8H15O/c1-3-5-7-6-8(7)9-4-2/h7-8H,1,3-6H2,2H3. The van der Waals surface area contributed by atoms with E-state index in [0.717, 1.165) is 18.9 Å². The minimum atomic E-state index is 0.594. The van der Waals surface area contributed by atoms with Gasteiger partial charge in [-0.1, -0.05) is 13.3 Å². The molecule has 53 valence electrons. The molecule has 0 aromatic carbocycles. The van der Waals surface area contributed by atoms with Crippen molar-refractivity contribution in [3.8, 4) is 0 Å². The Balaban J connectivity index is 1.96. The van der Waals surface area contributed by atoms with Crippen molar-refractivity contribution in [2.45, 2.75) is 32.3 Å². The lowest BCUT2D eigenvalue weighted by Gasteiger charge is -1.96. The van der Waals surface area contributed by atoms with Crippen LogP contribution in [0.3, 0.4) is 0 Å². The summed E-state index contributed by atoms with van der Waals surface area (Å²) in [7, 11) is 0. The highest BCUT2D eigenvalue weighted by atomic mass is 16.5. The fraction of sp³-hybridized carbons (Fsp3) is 0.875. The zero-order valence-corrected chi connectivity index (χ0v) is 6.10. The highest BCUT2D eigenvalue weighted by molar-refractivity contribution is 4.87. The van der Waals surface area contributed by atoms with Gasteiger partial charge in [0.1, 0.15) is 0 Å². The lowest BCUT2D eigenvalue weighted by atomic mass is 10.2. The maximum Gasteiger partial charge on any atom is 0.0607 e. The van der Waals surface area contributed by atoms with Crippen LogP contribution in [0.1, 0.15) is 26.2 Å². The van der Waals surface area contributed by atoms with Crippen LogP contribution in [-0.4, -0.2) is 12.7 Å². The van der Waals surface area contributed by atoms with Crippen molar-refractivity contribution in [2.75, 3.05) is 6.61 Å². The van der Waals surface area contributed by atoms with Crippen LogP contribution in [0.25, 0.3) is 0 Å². The van der Waals surface area contributed by atoms with E-state index in [4.69, 9.17) is 4.74 Å². The van der Waals surface area contributed by atoms with Gasteiger partial charge in [-0.05, 0) is 25.7 Å². The SMILES string of the molecule is [CH2]CCC1CC1OCC. The van der Waals surface area contributed by atoms with Gasteiger partial charge in [-0.15, -0.1) is 0 Å². The molecule has 0 aromatic rings. The lowest BCUT2D eigenvalue weighted by Crippen LogP contribution is -1.95. The molecule has 0 aliphatic heterocycles. The van der Waals surface area contributed by atoms with Crippen molar-refractivity contribution in [1.82, 2.24) is 0 Å². The molecule has 2 atom stereocenters. The molecule has 1 rings (SSSR count). The van der Waals surface area contributed by atoms with E-state index in [1.165, 1.54) is 12.8 Å². The summed E-state index contributed by atoms with van der Waals surface area (Å²) in [5.74, 6) is 0.849. The summed E-state index contributed by atoms with van der Waals surface area (Å²) in [4.78, 5) is 0. The summed E-state index contributed by atoms with van der Waals surface area (Å²) < 4.78 is 5.39. The van der Waals surface area contributed by atoms with Crippen molar-refractivity contribution in [3.05, 3.63) is 6.92 Å². The largest absolute Gasteiger partial charge is 0.378 e.